The molecular weight excluding hydrogens is 377 g/mol. The maximum atomic E-state index is 12.6. The van der Waals surface area contributed by atoms with Gasteiger partial charge in [-0.2, -0.15) is 13.2 Å². The lowest BCUT2D eigenvalue weighted by Gasteiger charge is -2.14. The first kappa shape index (κ1) is 19.4. The predicted octanol–water partition coefficient (Wildman–Crippen LogP) is 3.96. The molecule has 0 aliphatic carbocycles. The van der Waals surface area contributed by atoms with Crippen LogP contribution in [0, 0.1) is 0 Å². The third-order valence-electron chi connectivity index (χ3n) is 3.92. The van der Waals surface area contributed by atoms with Crippen molar-refractivity contribution in [2.75, 3.05) is 5.32 Å². The molecule has 3 aromatic rings. The molecule has 2 aromatic carbocycles. The average Bonchev–Trinajstić information content (AvgIpc) is 3.04. The molecule has 0 saturated heterocycles. The van der Waals surface area contributed by atoms with Gasteiger partial charge in [0.2, 0.25) is 0 Å². The van der Waals surface area contributed by atoms with Gasteiger partial charge in [0.25, 0.3) is 5.91 Å². The van der Waals surface area contributed by atoms with Crippen LogP contribution in [-0.2, 0) is 26.9 Å². The number of amides is 1. The highest BCUT2D eigenvalue weighted by Gasteiger charge is 2.30. The summed E-state index contributed by atoms with van der Waals surface area (Å²) in [6, 6.07) is 10.9. The molecule has 1 heterocycles. The summed E-state index contributed by atoms with van der Waals surface area (Å²) in [6.45, 7) is 1.36. The van der Waals surface area contributed by atoms with Crippen LogP contribution in [-0.4, -0.2) is 23.1 Å². The van der Waals surface area contributed by atoms with Crippen LogP contribution in [0.1, 0.15) is 18.2 Å². The summed E-state index contributed by atoms with van der Waals surface area (Å²) < 4.78 is 47.8. The molecule has 1 aromatic heterocycles. The zero-order valence-electron chi connectivity index (χ0n) is 14.6. The number of esters is 1. The molecule has 0 radical (unpaired) electrons. The standard InChI is InChI=1S/C19H15F3N2O4/c1-11(18(26)23-13-8-6-12(7-9-13)19(20,21)22)27-17(25)10-15-14-4-2-3-5-16(14)28-24-15/h2-9,11H,10H2,1H3,(H,23,26)/t11-/m0/s1. The molecular formula is C19H15F3N2O4. The first-order valence-electron chi connectivity index (χ1n) is 8.25. The fourth-order valence-corrected chi connectivity index (χ4v) is 2.48. The van der Waals surface area contributed by atoms with Crippen molar-refractivity contribution < 1.29 is 32.0 Å². The lowest BCUT2D eigenvalue weighted by molar-refractivity contribution is -0.152. The number of anilines is 1. The second kappa shape index (κ2) is 7.71. The number of carbonyl (C=O) groups is 2. The Labute approximate surface area is 157 Å². The topological polar surface area (TPSA) is 81.4 Å². The fourth-order valence-electron chi connectivity index (χ4n) is 2.48. The zero-order valence-corrected chi connectivity index (χ0v) is 14.6. The van der Waals surface area contributed by atoms with E-state index in [1.54, 1.807) is 24.3 Å². The molecule has 0 bridgehead atoms. The van der Waals surface area contributed by atoms with Gasteiger partial charge in [0, 0.05) is 11.1 Å². The van der Waals surface area contributed by atoms with Gasteiger partial charge in [-0.1, -0.05) is 17.3 Å². The Morgan fingerprint density at radius 3 is 2.50 bits per heavy atom. The summed E-state index contributed by atoms with van der Waals surface area (Å²) in [5.74, 6) is -1.35. The molecule has 6 nitrogen and oxygen atoms in total. The molecule has 0 aliphatic rings. The van der Waals surface area contributed by atoms with E-state index in [-0.39, 0.29) is 12.1 Å². The van der Waals surface area contributed by atoms with Crippen molar-refractivity contribution in [3.8, 4) is 0 Å². The van der Waals surface area contributed by atoms with Gasteiger partial charge in [-0.3, -0.25) is 9.59 Å². The van der Waals surface area contributed by atoms with Crippen LogP contribution in [0.2, 0.25) is 0 Å². The number of rotatable bonds is 5. The number of halogens is 3. The SMILES string of the molecule is C[C@H](OC(=O)Cc1noc2ccccc12)C(=O)Nc1ccc(C(F)(F)F)cc1. The molecule has 1 N–H and O–H groups in total. The van der Waals surface area contributed by atoms with Crippen molar-refractivity contribution in [3.63, 3.8) is 0 Å². The number of hydrogen-bond acceptors (Lipinski definition) is 5. The number of fused-ring (bicyclic) bond motifs is 1. The monoisotopic (exact) mass is 392 g/mol. The molecule has 0 saturated carbocycles. The van der Waals surface area contributed by atoms with Crippen molar-refractivity contribution in [2.45, 2.75) is 25.6 Å². The van der Waals surface area contributed by atoms with Gasteiger partial charge in [-0.25, -0.2) is 0 Å². The number of hydrogen-bond donors (Lipinski definition) is 1. The van der Waals surface area contributed by atoms with Gasteiger partial charge in [0.05, 0.1) is 12.0 Å². The van der Waals surface area contributed by atoms with Gasteiger partial charge in [0.15, 0.2) is 11.7 Å². The van der Waals surface area contributed by atoms with E-state index in [2.05, 4.69) is 10.5 Å². The normalized spacial score (nSPS) is 12.6. The number of ether oxygens (including phenoxy) is 1. The summed E-state index contributed by atoms with van der Waals surface area (Å²) in [5, 5.41) is 6.88. The van der Waals surface area contributed by atoms with Crippen LogP contribution in [0.25, 0.3) is 11.0 Å². The molecule has 0 fully saturated rings. The number of para-hydroxylation sites is 1. The van der Waals surface area contributed by atoms with Gasteiger partial charge in [-0.15, -0.1) is 0 Å². The number of nitrogens with zero attached hydrogens (tertiary/aromatic N) is 1. The molecule has 3 rings (SSSR count). The number of alkyl halides is 3. The highest BCUT2D eigenvalue weighted by Crippen LogP contribution is 2.29. The zero-order chi connectivity index (χ0) is 20.3. The summed E-state index contributed by atoms with van der Waals surface area (Å²) >= 11 is 0. The lowest BCUT2D eigenvalue weighted by atomic mass is 10.2. The lowest BCUT2D eigenvalue weighted by Crippen LogP contribution is -2.30. The minimum atomic E-state index is -4.46. The Morgan fingerprint density at radius 1 is 1.14 bits per heavy atom. The molecule has 1 atom stereocenters. The molecule has 0 unspecified atom stereocenters. The largest absolute Gasteiger partial charge is 0.452 e. The molecule has 146 valence electrons. The Bertz CT molecular complexity index is 996. The summed E-state index contributed by atoms with van der Waals surface area (Å²) in [4.78, 5) is 24.2. The van der Waals surface area contributed by atoms with Crippen LogP contribution < -0.4 is 5.32 Å². The van der Waals surface area contributed by atoms with Crippen molar-refractivity contribution in [3.05, 3.63) is 59.8 Å². The van der Waals surface area contributed by atoms with E-state index in [1.165, 1.54) is 6.92 Å². The van der Waals surface area contributed by atoms with Crippen molar-refractivity contribution in [1.82, 2.24) is 5.16 Å². The van der Waals surface area contributed by atoms with Crippen LogP contribution in [0.3, 0.4) is 0 Å². The Kier molecular flexibility index (Phi) is 5.34. The van der Waals surface area contributed by atoms with Gasteiger partial charge in [-0.05, 0) is 43.3 Å². The summed E-state index contributed by atoms with van der Waals surface area (Å²) in [7, 11) is 0. The Morgan fingerprint density at radius 2 is 1.82 bits per heavy atom. The quantitative estimate of drug-likeness (QED) is 0.665. The molecule has 1 amide bonds. The van der Waals surface area contributed by atoms with Crippen LogP contribution >= 0.6 is 0 Å². The first-order chi connectivity index (χ1) is 13.2. The smallest absolute Gasteiger partial charge is 0.416 e. The van der Waals surface area contributed by atoms with Crippen molar-refractivity contribution >= 4 is 28.5 Å². The fraction of sp³-hybridized carbons (Fsp3) is 0.211. The molecule has 0 spiro atoms. The minimum Gasteiger partial charge on any atom is -0.452 e. The molecule has 0 aliphatic heterocycles. The molecule has 9 heteroatoms. The van der Waals surface area contributed by atoms with Gasteiger partial charge < -0.3 is 14.6 Å². The van der Waals surface area contributed by atoms with E-state index in [0.29, 0.717) is 16.7 Å². The first-order valence-corrected chi connectivity index (χ1v) is 8.25. The van der Waals surface area contributed by atoms with Crippen LogP contribution in [0.4, 0.5) is 18.9 Å². The third kappa shape index (κ3) is 4.48. The maximum absolute atomic E-state index is 12.6. The van der Waals surface area contributed by atoms with E-state index in [9.17, 15) is 22.8 Å². The van der Waals surface area contributed by atoms with Crippen molar-refractivity contribution in [2.24, 2.45) is 0 Å². The number of aromatic nitrogens is 1. The highest BCUT2D eigenvalue weighted by atomic mass is 19.4. The van der Waals surface area contributed by atoms with E-state index < -0.39 is 29.7 Å². The number of carbonyl (C=O) groups excluding carboxylic acids is 2. The van der Waals surface area contributed by atoms with E-state index in [4.69, 9.17) is 9.26 Å². The van der Waals surface area contributed by atoms with Gasteiger partial charge in [0.1, 0.15) is 5.69 Å². The maximum Gasteiger partial charge on any atom is 0.416 e. The Hall–Kier alpha value is -3.36. The highest BCUT2D eigenvalue weighted by molar-refractivity contribution is 5.95. The average molecular weight is 392 g/mol. The van der Waals surface area contributed by atoms with E-state index in [0.717, 1.165) is 24.3 Å². The van der Waals surface area contributed by atoms with E-state index >= 15 is 0 Å². The summed E-state index contributed by atoms with van der Waals surface area (Å²) in [6.07, 6.45) is -5.79. The third-order valence-corrected chi connectivity index (χ3v) is 3.92. The van der Waals surface area contributed by atoms with Crippen LogP contribution in [0.5, 0.6) is 0 Å². The number of benzene rings is 2. The molecule has 28 heavy (non-hydrogen) atoms. The van der Waals surface area contributed by atoms with Crippen molar-refractivity contribution in [1.29, 1.82) is 0 Å². The Balaban J connectivity index is 1.57. The second-order valence-electron chi connectivity index (χ2n) is 6.00. The summed E-state index contributed by atoms with van der Waals surface area (Å²) in [5.41, 5.74) is 0.238. The number of nitrogens with one attached hydrogen (secondary N) is 1. The minimum absolute atomic E-state index is 0.156. The predicted molar refractivity (Wildman–Crippen MR) is 93.3 cm³/mol. The van der Waals surface area contributed by atoms with E-state index in [1.807, 2.05) is 0 Å². The van der Waals surface area contributed by atoms with Gasteiger partial charge >= 0.3 is 12.1 Å². The second-order valence-corrected chi connectivity index (χ2v) is 6.00. The van der Waals surface area contributed by atoms with Crippen LogP contribution in [0.15, 0.2) is 53.1 Å².